The van der Waals surface area contributed by atoms with Crippen molar-refractivity contribution in [3.63, 3.8) is 0 Å². The second-order valence-electron chi connectivity index (χ2n) is 11.7. The Morgan fingerprint density at radius 3 is 2.20 bits per heavy atom. The number of carbonyl (C=O) groups is 4. The second kappa shape index (κ2) is 11.1. The number of fused-ring (bicyclic) bond motifs is 3. The fourth-order valence-electron chi connectivity index (χ4n) is 6.38. The fraction of sp³-hybridized carbons (Fsp3) is 0.333. The first-order valence-electron chi connectivity index (χ1n) is 14.4. The van der Waals surface area contributed by atoms with E-state index in [9.17, 15) is 44.0 Å². The van der Waals surface area contributed by atoms with Gasteiger partial charge in [-0.05, 0) is 38.1 Å². The molecular weight excluding hydrogens is 588 g/mol. The molecule has 234 valence electrons. The Morgan fingerprint density at radius 2 is 1.60 bits per heavy atom. The maximum Gasteiger partial charge on any atom is 0.251 e. The zero-order valence-corrected chi connectivity index (χ0v) is 24.2. The van der Waals surface area contributed by atoms with Crippen molar-refractivity contribution in [2.45, 2.75) is 69.4 Å². The predicted molar refractivity (Wildman–Crippen MR) is 153 cm³/mol. The number of phenolic OH excluding ortho intramolecular Hbond substituents is 2. The van der Waals surface area contributed by atoms with Crippen molar-refractivity contribution in [2.24, 2.45) is 0 Å². The third-order valence-electron chi connectivity index (χ3n) is 8.87. The largest absolute Gasteiger partial charge is 0.507 e. The Hall–Kier alpha value is -4.49. The lowest BCUT2D eigenvalue weighted by Crippen LogP contribution is -2.55. The summed E-state index contributed by atoms with van der Waals surface area (Å²) in [6.45, 7) is 2.69. The van der Waals surface area contributed by atoms with Gasteiger partial charge in [0, 0.05) is 47.1 Å². The highest BCUT2D eigenvalue weighted by atomic mass is 18.2. The minimum absolute atomic E-state index is 0.0342. The first-order valence-corrected chi connectivity index (χ1v) is 14.4. The number of aliphatic hydroxyl groups excluding tert-OH is 1. The SMILES string of the molecule is CC(=O)[C@]1(O)Cc2c(O)c3c(c(O)c2[C@@H](O[C@H]2C[C@H](NC(=O)c4ccc([18F])cc4)[C@H](O)[C@H](C)O2)C1)C(=O)c1ccccc1C3=O. The number of hydrogen-bond acceptors (Lipinski definition) is 10. The smallest absolute Gasteiger partial charge is 0.251 e. The summed E-state index contributed by atoms with van der Waals surface area (Å²) in [7, 11) is 0. The molecule has 0 saturated carbocycles. The highest BCUT2D eigenvalue weighted by Gasteiger charge is 2.49. The van der Waals surface area contributed by atoms with E-state index in [-0.39, 0.29) is 34.2 Å². The first kappa shape index (κ1) is 30.5. The van der Waals surface area contributed by atoms with Crippen molar-refractivity contribution >= 4 is 23.3 Å². The van der Waals surface area contributed by atoms with Gasteiger partial charge >= 0.3 is 0 Å². The summed E-state index contributed by atoms with van der Waals surface area (Å²) in [4.78, 5) is 52.5. The summed E-state index contributed by atoms with van der Waals surface area (Å²) in [6, 6.07) is 9.88. The van der Waals surface area contributed by atoms with Gasteiger partial charge in [-0.15, -0.1) is 0 Å². The van der Waals surface area contributed by atoms with Gasteiger partial charge in [0.2, 0.25) is 0 Å². The molecule has 0 bridgehead atoms. The van der Waals surface area contributed by atoms with E-state index in [0.29, 0.717) is 0 Å². The summed E-state index contributed by atoms with van der Waals surface area (Å²) in [5, 5.41) is 47.8. The summed E-state index contributed by atoms with van der Waals surface area (Å²) in [5.74, 6) is -4.46. The molecule has 1 amide bonds. The molecule has 3 aromatic rings. The van der Waals surface area contributed by atoms with Gasteiger partial charge in [0.25, 0.3) is 5.91 Å². The van der Waals surface area contributed by atoms with Crippen LogP contribution in [0, 0.1) is 5.82 Å². The van der Waals surface area contributed by atoms with Crippen molar-refractivity contribution in [3.8, 4) is 11.5 Å². The van der Waals surface area contributed by atoms with Gasteiger partial charge in [-0.25, -0.2) is 4.39 Å². The number of halogens is 1. The molecule has 0 radical (unpaired) electrons. The fourth-order valence-corrected chi connectivity index (χ4v) is 6.38. The number of carbonyl (C=O) groups excluding carboxylic acids is 4. The van der Waals surface area contributed by atoms with Crippen molar-refractivity contribution in [1.82, 2.24) is 5.32 Å². The first-order chi connectivity index (χ1) is 21.3. The van der Waals surface area contributed by atoms with E-state index < -0.39 is 101 Å². The quantitative estimate of drug-likeness (QED) is 0.209. The molecule has 3 aliphatic rings. The number of nitrogens with one attached hydrogen (secondary N) is 1. The summed E-state index contributed by atoms with van der Waals surface area (Å²) < 4.78 is 25.4. The Bertz CT molecular complexity index is 1760. The van der Waals surface area contributed by atoms with Gasteiger partial charge in [0.15, 0.2) is 23.6 Å². The van der Waals surface area contributed by atoms with Crippen molar-refractivity contribution in [1.29, 1.82) is 0 Å². The zero-order valence-electron chi connectivity index (χ0n) is 24.2. The molecule has 1 heterocycles. The van der Waals surface area contributed by atoms with Crippen LogP contribution in [0.2, 0.25) is 0 Å². The van der Waals surface area contributed by atoms with Gasteiger partial charge in [-0.1, -0.05) is 24.3 Å². The van der Waals surface area contributed by atoms with Gasteiger partial charge in [0.05, 0.1) is 29.4 Å². The molecule has 6 atom stereocenters. The van der Waals surface area contributed by atoms with Crippen LogP contribution < -0.4 is 5.32 Å². The molecule has 3 aromatic carbocycles. The molecule has 5 N–H and O–H groups in total. The molecule has 45 heavy (non-hydrogen) atoms. The van der Waals surface area contributed by atoms with Crippen LogP contribution in [-0.4, -0.2) is 73.8 Å². The minimum Gasteiger partial charge on any atom is -0.507 e. The lowest BCUT2D eigenvalue weighted by Gasteiger charge is -2.42. The van der Waals surface area contributed by atoms with Crippen molar-refractivity contribution in [2.75, 3.05) is 0 Å². The normalized spacial score (nSPS) is 27.3. The minimum atomic E-state index is -2.08. The van der Waals surface area contributed by atoms with Gasteiger partial charge in [-0.2, -0.15) is 0 Å². The van der Waals surface area contributed by atoms with E-state index in [1.54, 1.807) is 19.1 Å². The van der Waals surface area contributed by atoms with Crippen LogP contribution in [0.1, 0.15) is 86.1 Å². The van der Waals surface area contributed by atoms with Crippen molar-refractivity contribution < 1.29 is 53.5 Å². The van der Waals surface area contributed by atoms with Crippen molar-refractivity contribution in [3.05, 3.63) is 93.3 Å². The number of Topliss-reactive ketones (excluding diaryl/α,β-unsaturated/α-hetero) is 1. The van der Waals surface area contributed by atoms with Crippen LogP contribution in [-0.2, 0) is 20.7 Å². The molecule has 2 aliphatic carbocycles. The molecule has 11 nitrogen and oxygen atoms in total. The second-order valence-corrected chi connectivity index (χ2v) is 11.7. The zero-order chi connectivity index (χ0) is 32.4. The number of ketones is 3. The predicted octanol–water partition coefficient (Wildman–Crippen LogP) is 2.63. The summed E-state index contributed by atoms with van der Waals surface area (Å²) >= 11 is 0. The topological polar surface area (TPSA) is 180 Å². The maximum absolute atomic E-state index is 13.5. The van der Waals surface area contributed by atoms with E-state index in [4.69, 9.17) is 9.47 Å². The third kappa shape index (κ3) is 5.09. The van der Waals surface area contributed by atoms with Gasteiger partial charge in [0.1, 0.15) is 29.0 Å². The molecular formula is C33H30FNO10. The molecule has 0 spiro atoms. The molecule has 0 unspecified atom stereocenters. The summed E-state index contributed by atoms with van der Waals surface area (Å²) in [5.41, 5.74) is -2.93. The number of phenols is 2. The monoisotopic (exact) mass is 618 g/mol. The van der Waals surface area contributed by atoms with E-state index in [1.807, 2.05) is 0 Å². The molecule has 6 rings (SSSR count). The number of ether oxygens (including phenoxy) is 2. The van der Waals surface area contributed by atoms with Gasteiger partial charge < -0.3 is 35.2 Å². The molecule has 1 saturated heterocycles. The van der Waals surface area contributed by atoms with Crippen LogP contribution in [0.25, 0.3) is 0 Å². The highest BCUT2D eigenvalue weighted by molar-refractivity contribution is 6.30. The maximum atomic E-state index is 13.5. The molecule has 1 aliphatic heterocycles. The Morgan fingerprint density at radius 1 is 1.00 bits per heavy atom. The van der Waals surface area contributed by atoms with Gasteiger partial charge in [-0.3, -0.25) is 19.2 Å². The number of aromatic hydroxyl groups is 2. The average Bonchev–Trinajstić information content (AvgIpc) is 3.00. The van der Waals surface area contributed by atoms with E-state index in [1.165, 1.54) is 24.3 Å². The Labute approximate surface area is 256 Å². The van der Waals surface area contributed by atoms with Crippen LogP contribution in [0.4, 0.5) is 4.39 Å². The highest BCUT2D eigenvalue weighted by Crippen LogP contribution is 2.52. The number of rotatable bonds is 5. The third-order valence-corrected chi connectivity index (χ3v) is 8.87. The lowest BCUT2D eigenvalue weighted by molar-refractivity contribution is -0.248. The standard InChI is InChI=1S/C33H30FNO10/c1-14-27(37)21(35-32(42)16-7-9-17(34)10-8-16)11-23(44-14)45-22-13-33(43,15(2)36)12-20-24(22)31(41)26-25(30(20)40)28(38)18-5-3-4-6-19(18)29(26)39/h3-10,14,21-23,27,37,40-41,43H,11-13H2,1-2H3,(H,35,42)/t14-,21-,22-,23-,27+,33-/m0/s1/i34-1. The number of benzene rings is 3. The molecule has 0 aromatic heterocycles. The Kier molecular flexibility index (Phi) is 7.56. The number of aliphatic hydroxyl groups is 2. The van der Waals surface area contributed by atoms with E-state index in [2.05, 4.69) is 5.32 Å². The lowest BCUT2D eigenvalue weighted by atomic mass is 9.72. The summed E-state index contributed by atoms with van der Waals surface area (Å²) in [6.07, 6.45) is -5.54. The van der Waals surface area contributed by atoms with Crippen LogP contribution in [0.15, 0.2) is 48.5 Å². The van der Waals surface area contributed by atoms with Crippen LogP contribution in [0.3, 0.4) is 0 Å². The number of amides is 1. The number of hydrogen-bond donors (Lipinski definition) is 5. The Balaban J connectivity index is 1.37. The average molecular weight is 619 g/mol. The van der Waals surface area contributed by atoms with Crippen LogP contribution >= 0.6 is 0 Å². The molecule has 12 heteroatoms. The van der Waals surface area contributed by atoms with E-state index >= 15 is 0 Å². The van der Waals surface area contributed by atoms with Crippen LogP contribution in [0.5, 0.6) is 11.5 Å². The molecule has 1 fully saturated rings. The van der Waals surface area contributed by atoms with E-state index in [0.717, 1.165) is 19.1 Å².